The lowest BCUT2D eigenvalue weighted by atomic mass is 9.70. The first-order chi connectivity index (χ1) is 17.7. The van der Waals surface area contributed by atoms with Crippen LogP contribution in [0, 0.1) is 5.92 Å². The zero-order valence-corrected chi connectivity index (χ0v) is 21.6. The van der Waals surface area contributed by atoms with Crippen LogP contribution in [0.1, 0.15) is 79.7 Å². The van der Waals surface area contributed by atoms with Gasteiger partial charge in [-0.3, -0.25) is 4.79 Å². The van der Waals surface area contributed by atoms with Gasteiger partial charge in [0.05, 0.1) is 18.8 Å². The number of rotatable bonds is 10. The second-order valence-corrected chi connectivity index (χ2v) is 10.5. The number of quaternary nitrogens is 1. The number of carbonyl (C=O) groups is 1. The largest absolute Gasteiger partial charge is 0.509 e. The van der Waals surface area contributed by atoms with Crippen molar-refractivity contribution < 1.29 is 32.6 Å². The Morgan fingerprint density at radius 3 is 2.46 bits per heavy atom. The number of nitrogens with zero attached hydrogens (tertiary/aromatic N) is 1. The molecule has 1 saturated carbocycles. The van der Waals surface area contributed by atoms with E-state index in [2.05, 4.69) is 24.2 Å². The molecule has 2 aromatic carbocycles. The summed E-state index contributed by atoms with van der Waals surface area (Å²) in [4.78, 5) is 17.8. The number of hydrogen-bond donors (Lipinski definition) is 2. The van der Waals surface area contributed by atoms with Crippen LogP contribution in [-0.2, 0) is 29.2 Å². The number of carboxylic acids is 1. The quantitative estimate of drug-likeness (QED) is 0.280. The second-order valence-electron chi connectivity index (χ2n) is 10.5. The molecule has 0 unspecified atom stereocenters. The van der Waals surface area contributed by atoms with E-state index in [4.69, 9.17) is 9.94 Å². The molecule has 0 radical (unpaired) electrons. The molecule has 5 nitrogen and oxygen atoms in total. The van der Waals surface area contributed by atoms with Gasteiger partial charge in [-0.15, -0.1) is 5.46 Å². The van der Waals surface area contributed by atoms with E-state index in [1.807, 2.05) is 13.0 Å². The van der Waals surface area contributed by atoms with E-state index in [0.717, 1.165) is 50.6 Å². The van der Waals surface area contributed by atoms with Gasteiger partial charge in [-0.1, -0.05) is 67.2 Å². The second kappa shape index (κ2) is 11.7. The average molecular weight is 516 g/mol. The van der Waals surface area contributed by atoms with Crippen LogP contribution in [0.3, 0.4) is 0 Å². The lowest BCUT2D eigenvalue weighted by Crippen LogP contribution is -3.19. The van der Waals surface area contributed by atoms with Crippen molar-refractivity contribution in [2.24, 2.45) is 11.1 Å². The Morgan fingerprint density at radius 2 is 1.81 bits per heavy atom. The maximum Gasteiger partial charge on any atom is 0.509 e. The monoisotopic (exact) mass is 516 g/mol. The van der Waals surface area contributed by atoms with E-state index >= 15 is 0 Å². The number of likely N-dealkylation sites (tertiary alicyclic amines) is 1. The third-order valence-electron chi connectivity index (χ3n) is 7.85. The van der Waals surface area contributed by atoms with Gasteiger partial charge in [-0.05, 0) is 54.9 Å². The molecule has 0 amide bonds. The molecule has 4 rings (SSSR count). The van der Waals surface area contributed by atoms with Crippen LogP contribution in [-0.4, -0.2) is 36.9 Å². The molecule has 1 aliphatic heterocycles. The van der Waals surface area contributed by atoms with Crippen molar-refractivity contribution >= 4 is 24.1 Å². The molecule has 2 aromatic rings. The van der Waals surface area contributed by atoms with Crippen molar-refractivity contribution in [3.05, 3.63) is 64.2 Å². The van der Waals surface area contributed by atoms with Gasteiger partial charge >= 0.3 is 12.9 Å². The third kappa shape index (κ3) is 6.75. The minimum Gasteiger partial charge on any atom is -0.481 e. The number of oxime groups is 1. The first kappa shape index (κ1) is 27.2. The van der Waals surface area contributed by atoms with E-state index in [0.29, 0.717) is 29.9 Å². The van der Waals surface area contributed by atoms with Gasteiger partial charge in [0.25, 0.3) is 0 Å². The van der Waals surface area contributed by atoms with Gasteiger partial charge < -0.3 is 27.8 Å². The highest BCUT2D eigenvalue weighted by atomic mass is 19.4. The van der Waals surface area contributed by atoms with Crippen LogP contribution in [0.5, 0.6) is 0 Å². The molecule has 9 heteroatoms. The normalized spacial score (nSPS) is 20.9. The van der Waals surface area contributed by atoms with Gasteiger partial charge in [0.1, 0.15) is 13.2 Å². The molecule has 1 aliphatic carbocycles. The van der Waals surface area contributed by atoms with Gasteiger partial charge in [-0.2, -0.15) is 0 Å². The molecule has 0 aromatic heterocycles. The predicted molar refractivity (Wildman–Crippen MR) is 139 cm³/mol. The number of carboxylic acid groups (broad SMARTS) is 1. The van der Waals surface area contributed by atoms with E-state index in [-0.39, 0.29) is 18.4 Å². The highest BCUT2D eigenvalue weighted by Crippen LogP contribution is 2.33. The van der Waals surface area contributed by atoms with Crippen molar-refractivity contribution in [2.75, 3.05) is 13.1 Å². The van der Waals surface area contributed by atoms with Gasteiger partial charge in [0, 0.05) is 5.56 Å². The summed E-state index contributed by atoms with van der Waals surface area (Å²) in [5.41, 5.74) is 4.33. The van der Waals surface area contributed by atoms with Crippen molar-refractivity contribution in [2.45, 2.75) is 71.4 Å². The molecule has 1 saturated heterocycles. The first-order valence-electron chi connectivity index (χ1n) is 13.3. The van der Waals surface area contributed by atoms with E-state index < -0.39 is 18.4 Å². The smallest absolute Gasteiger partial charge is 0.481 e. The number of nitrogens with one attached hydrogen (secondary N) is 1. The summed E-state index contributed by atoms with van der Waals surface area (Å²) in [6, 6.07) is 10.7. The fourth-order valence-electron chi connectivity index (χ4n) is 5.62. The maximum absolute atomic E-state index is 13.9. The van der Waals surface area contributed by atoms with Crippen LogP contribution in [0.2, 0.25) is 0 Å². The molecule has 2 aliphatic rings. The van der Waals surface area contributed by atoms with Gasteiger partial charge in [0.15, 0.2) is 5.92 Å². The molecule has 37 heavy (non-hydrogen) atoms. The Balaban J connectivity index is 1.40. The van der Waals surface area contributed by atoms with E-state index in [1.54, 1.807) is 12.1 Å². The minimum absolute atomic E-state index is 0.0143. The first-order valence-corrected chi connectivity index (χ1v) is 13.3. The van der Waals surface area contributed by atoms with Crippen LogP contribution >= 0.6 is 0 Å². The number of aliphatic carboxylic acids is 1. The number of aryl methyl sites for hydroxylation is 1. The highest BCUT2D eigenvalue weighted by molar-refractivity contribution is 6.74. The summed E-state index contributed by atoms with van der Waals surface area (Å²) in [5, 5.41) is 13.3. The van der Waals surface area contributed by atoms with Crippen LogP contribution in [0.4, 0.5) is 12.9 Å². The van der Waals surface area contributed by atoms with Crippen LogP contribution in [0.15, 0.2) is 41.6 Å². The Kier molecular flexibility index (Phi) is 8.62. The average Bonchev–Trinajstić information content (AvgIpc) is 2.85. The van der Waals surface area contributed by atoms with Gasteiger partial charge in [0.2, 0.25) is 0 Å². The topological polar surface area (TPSA) is 63.3 Å². The third-order valence-corrected chi connectivity index (χ3v) is 7.85. The van der Waals surface area contributed by atoms with E-state index in [9.17, 15) is 17.7 Å². The number of halogens is 3. The molecule has 1 heterocycles. The summed E-state index contributed by atoms with van der Waals surface area (Å²) >= 11 is 0. The van der Waals surface area contributed by atoms with Crippen molar-refractivity contribution in [3.63, 3.8) is 0 Å². The number of hydrogen-bond acceptors (Lipinski definition) is 3. The van der Waals surface area contributed by atoms with Crippen LogP contribution < -0.4 is 10.4 Å². The molecular formula is C28H36BF3N2O3. The Bertz CT molecular complexity index is 1140. The number of benzene rings is 2. The molecular weight excluding hydrogens is 480 g/mol. The Hall–Kier alpha value is -2.81. The van der Waals surface area contributed by atoms with E-state index in [1.165, 1.54) is 22.1 Å². The molecule has 2 N–H and O–H groups in total. The highest BCUT2D eigenvalue weighted by Gasteiger charge is 2.37. The predicted octanol–water partition coefficient (Wildman–Crippen LogP) is 4.39. The molecule has 0 bridgehead atoms. The fraction of sp³-hybridized carbons (Fsp3) is 0.500. The summed E-state index contributed by atoms with van der Waals surface area (Å²) in [6.07, 6.45) is 5.54. The Morgan fingerprint density at radius 1 is 1.08 bits per heavy atom. The van der Waals surface area contributed by atoms with Crippen molar-refractivity contribution in [1.29, 1.82) is 0 Å². The van der Waals surface area contributed by atoms with Crippen molar-refractivity contribution in [1.82, 2.24) is 0 Å². The lowest BCUT2D eigenvalue weighted by Gasteiger charge is -2.33. The fourth-order valence-corrected chi connectivity index (χ4v) is 5.62. The summed E-state index contributed by atoms with van der Waals surface area (Å²) < 4.78 is 41.7. The Labute approximate surface area is 216 Å². The zero-order valence-electron chi connectivity index (χ0n) is 21.6. The molecule has 2 fully saturated rings. The van der Waals surface area contributed by atoms with Gasteiger partial charge in [-0.25, -0.2) is 0 Å². The molecule has 0 atom stereocenters. The maximum atomic E-state index is 13.9. The summed E-state index contributed by atoms with van der Waals surface area (Å²) in [5.74, 6) is -0.987. The standard InChI is InChI=1S/C28H35BF3N2O3/c1-3-21-14-23(10-11-24(21)15-34-16-25(17-34)28(35)36)19(2)33-37-18-20-9-12-26(22-7-5-4-6-8-22)27(13-20)29(30,31)32/h9-14,22,25H,3-8,15-18H2,1-2H3,(H,35,36)/q-1/p+1/b33-19+. The summed E-state index contributed by atoms with van der Waals surface area (Å²) in [7, 11) is 0. The SMILES string of the molecule is CCc1cc(/C(C)=N/OCc2ccc(C3CCCCC3)c([B-](F)(F)F)c2)ccc1C[NH+]1CC(C(=O)O)C1. The minimum atomic E-state index is -5.10. The summed E-state index contributed by atoms with van der Waals surface area (Å²) in [6.45, 7) is 0.857. The zero-order chi connectivity index (χ0) is 26.6. The van der Waals surface area contributed by atoms with Crippen LogP contribution in [0.25, 0.3) is 0 Å². The molecule has 0 spiro atoms. The molecule has 200 valence electrons. The lowest BCUT2D eigenvalue weighted by molar-refractivity contribution is -0.959. The van der Waals surface area contributed by atoms with Crippen molar-refractivity contribution in [3.8, 4) is 0 Å².